The molecule has 0 aliphatic carbocycles. The van der Waals surface area contributed by atoms with E-state index in [0.717, 1.165) is 48.6 Å². The number of carbonyl (C=O) groups is 1. The van der Waals surface area contributed by atoms with Crippen molar-refractivity contribution in [2.24, 2.45) is 7.05 Å². The van der Waals surface area contributed by atoms with Crippen molar-refractivity contribution in [1.82, 2.24) is 29.9 Å². The second-order valence-corrected chi connectivity index (χ2v) is 7.39. The monoisotopic (exact) mass is 384 g/mol. The number of amides is 1. The van der Waals surface area contributed by atoms with Gasteiger partial charge in [-0.1, -0.05) is 11.6 Å². The van der Waals surface area contributed by atoms with Crippen molar-refractivity contribution in [2.45, 2.75) is 38.8 Å². The Bertz CT molecular complexity index is 992. The molecular weight excluding hydrogens is 364 g/mol. The third-order valence-electron chi connectivity index (χ3n) is 4.98. The molecule has 1 N–H and O–H groups in total. The summed E-state index contributed by atoms with van der Waals surface area (Å²) in [5, 5.41) is 16.7. The predicted octanol–water partition coefficient (Wildman–Crippen LogP) is 2.78. The number of halogens is 1. The molecule has 4 rings (SSSR count). The number of hydrogen-bond donors (Lipinski definition) is 1. The first-order valence-electron chi connectivity index (χ1n) is 8.99. The predicted molar refractivity (Wildman–Crippen MR) is 103 cm³/mol. The minimum absolute atomic E-state index is 0.0562. The summed E-state index contributed by atoms with van der Waals surface area (Å²) in [6.07, 6.45) is 6.17. The quantitative estimate of drug-likeness (QED) is 0.753. The zero-order valence-corrected chi connectivity index (χ0v) is 16.1. The van der Waals surface area contributed by atoms with Crippen molar-refractivity contribution in [2.75, 3.05) is 0 Å². The van der Waals surface area contributed by atoms with Gasteiger partial charge in [0.15, 0.2) is 5.82 Å². The third kappa shape index (κ3) is 3.60. The molecule has 27 heavy (non-hydrogen) atoms. The first kappa shape index (κ1) is 17.7. The zero-order valence-electron chi connectivity index (χ0n) is 15.3. The summed E-state index contributed by atoms with van der Waals surface area (Å²) in [6, 6.07) is 5.43. The number of aryl methyl sites for hydroxylation is 3. The number of carbonyl (C=O) groups excluding carboxylic acids is 1. The summed E-state index contributed by atoms with van der Waals surface area (Å²) in [5.74, 6) is 1.73. The first-order chi connectivity index (χ1) is 13.0. The molecule has 1 amide bonds. The van der Waals surface area contributed by atoms with E-state index < -0.39 is 0 Å². The lowest BCUT2D eigenvalue weighted by molar-refractivity contribution is 0.0932. The van der Waals surface area contributed by atoms with Gasteiger partial charge in [0.05, 0.1) is 11.8 Å². The van der Waals surface area contributed by atoms with Crippen LogP contribution in [0.3, 0.4) is 0 Å². The van der Waals surface area contributed by atoms with Crippen LogP contribution in [0.1, 0.15) is 34.6 Å². The largest absolute Gasteiger partial charge is 0.349 e. The van der Waals surface area contributed by atoms with Crippen LogP contribution in [-0.4, -0.2) is 36.5 Å². The Morgan fingerprint density at radius 2 is 2.15 bits per heavy atom. The molecule has 7 nitrogen and oxygen atoms in total. The Labute approximate surface area is 162 Å². The lowest BCUT2D eigenvalue weighted by Gasteiger charge is -2.17. The van der Waals surface area contributed by atoms with Gasteiger partial charge in [-0.2, -0.15) is 5.10 Å². The van der Waals surface area contributed by atoms with E-state index >= 15 is 0 Å². The molecule has 1 unspecified atom stereocenters. The number of nitrogens with zero attached hydrogens (tertiary/aromatic N) is 5. The van der Waals surface area contributed by atoms with Crippen LogP contribution in [0.4, 0.5) is 0 Å². The molecule has 0 saturated heterocycles. The number of aromatic nitrogens is 5. The van der Waals surface area contributed by atoms with Gasteiger partial charge in [0, 0.05) is 42.8 Å². The molecule has 1 aliphatic rings. The summed E-state index contributed by atoms with van der Waals surface area (Å²) in [7, 11) is 1.88. The van der Waals surface area contributed by atoms with E-state index in [0.29, 0.717) is 10.6 Å². The van der Waals surface area contributed by atoms with Crippen LogP contribution >= 0.6 is 11.6 Å². The van der Waals surface area contributed by atoms with Gasteiger partial charge < -0.3 is 9.88 Å². The Morgan fingerprint density at radius 1 is 1.30 bits per heavy atom. The number of rotatable bonds is 3. The fourth-order valence-electron chi connectivity index (χ4n) is 3.53. The van der Waals surface area contributed by atoms with Crippen molar-refractivity contribution >= 4 is 17.5 Å². The van der Waals surface area contributed by atoms with Gasteiger partial charge >= 0.3 is 0 Å². The molecule has 8 heteroatoms. The highest BCUT2D eigenvalue weighted by Gasteiger charge is 2.23. The standard InChI is InChI=1S/C19H21ClN6O/c1-12-9-14(20)3-5-16(12)19(27)22-15-4-6-17-23-24-18(26(17)8-7-15)13-10-21-25(2)11-13/h3,5,9-11,15H,4,6-8H2,1-2H3,(H,22,27). The van der Waals surface area contributed by atoms with Gasteiger partial charge in [0.1, 0.15) is 5.82 Å². The van der Waals surface area contributed by atoms with Crippen molar-refractivity contribution in [3.63, 3.8) is 0 Å². The van der Waals surface area contributed by atoms with E-state index in [-0.39, 0.29) is 11.9 Å². The maximum atomic E-state index is 12.7. The first-order valence-corrected chi connectivity index (χ1v) is 9.37. The van der Waals surface area contributed by atoms with E-state index in [2.05, 4.69) is 25.2 Å². The average molecular weight is 385 g/mol. The van der Waals surface area contributed by atoms with Crippen LogP contribution in [-0.2, 0) is 20.0 Å². The Hall–Kier alpha value is -2.67. The fraction of sp³-hybridized carbons (Fsp3) is 0.368. The molecule has 0 fully saturated rings. The van der Waals surface area contributed by atoms with Gasteiger partial charge in [-0.25, -0.2) is 0 Å². The molecule has 140 valence electrons. The van der Waals surface area contributed by atoms with Gasteiger partial charge in [-0.3, -0.25) is 9.48 Å². The van der Waals surface area contributed by atoms with Crippen LogP contribution < -0.4 is 5.32 Å². The Balaban J connectivity index is 1.47. The van der Waals surface area contributed by atoms with Crippen LogP contribution in [0.2, 0.25) is 5.02 Å². The van der Waals surface area contributed by atoms with Crippen molar-refractivity contribution in [3.8, 4) is 11.4 Å². The van der Waals surface area contributed by atoms with Crippen molar-refractivity contribution in [3.05, 3.63) is 52.6 Å². The molecule has 0 spiro atoms. The SMILES string of the molecule is Cc1cc(Cl)ccc1C(=O)NC1CCc2nnc(-c3cnn(C)c3)n2CC1. The molecule has 1 atom stereocenters. The Kier molecular flexibility index (Phi) is 4.70. The van der Waals surface area contributed by atoms with Crippen LogP contribution in [0, 0.1) is 6.92 Å². The lowest BCUT2D eigenvalue weighted by atomic mass is 10.1. The second-order valence-electron chi connectivity index (χ2n) is 6.95. The Morgan fingerprint density at radius 3 is 2.89 bits per heavy atom. The maximum Gasteiger partial charge on any atom is 0.251 e. The third-order valence-corrected chi connectivity index (χ3v) is 5.21. The molecule has 0 saturated carbocycles. The molecule has 1 aliphatic heterocycles. The summed E-state index contributed by atoms with van der Waals surface area (Å²) < 4.78 is 3.89. The van der Waals surface area contributed by atoms with Crippen LogP contribution in [0.5, 0.6) is 0 Å². The molecule has 0 bridgehead atoms. The smallest absolute Gasteiger partial charge is 0.251 e. The second kappa shape index (κ2) is 7.15. The minimum atomic E-state index is -0.0562. The molecule has 1 aromatic carbocycles. The highest BCUT2D eigenvalue weighted by atomic mass is 35.5. The molecule has 0 radical (unpaired) electrons. The maximum absolute atomic E-state index is 12.7. The van der Waals surface area contributed by atoms with Gasteiger partial charge in [0.25, 0.3) is 5.91 Å². The van der Waals surface area contributed by atoms with E-state index in [1.807, 2.05) is 26.2 Å². The average Bonchev–Trinajstić information content (AvgIpc) is 3.17. The molecular formula is C19H21ClN6O. The normalized spacial score (nSPS) is 16.6. The van der Waals surface area contributed by atoms with Gasteiger partial charge in [-0.05, 0) is 43.5 Å². The number of nitrogens with one attached hydrogen (secondary N) is 1. The van der Waals surface area contributed by atoms with Crippen molar-refractivity contribution < 1.29 is 4.79 Å². The molecule has 2 aromatic heterocycles. The number of hydrogen-bond acceptors (Lipinski definition) is 4. The topological polar surface area (TPSA) is 77.6 Å². The summed E-state index contributed by atoms with van der Waals surface area (Å²) in [5.41, 5.74) is 2.50. The molecule has 3 heterocycles. The summed E-state index contributed by atoms with van der Waals surface area (Å²) in [4.78, 5) is 12.7. The number of fused-ring (bicyclic) bond motifs is 1. The lowest BCUT2D eigenvalue weighted by Crippen LogP contribution is -2.35. The minimum Gasteiger partial charge on any atom is -0.349 e. The fourth-order valence-corrected chi connectivity index (χ4v) is 3.75. The van der Waals surface area contributed by atoms with E-state index in [1.54, 1.807) is 23.0 Å². The van der Waals surface area contributed by atoms with Gasteiger partial charge in [0.2, 0.25) is 0 Å². The molecule has 3 aromatic rings. The highest BCUT2D eigenvalue weighted by Crippen LogP contribution is 2.23. The van der Waals surface area contributed by atoms with E-state index in [9.17, 15) is 4.79 Å². The summed E-state index contributed by atoms with van der Waals surface area (Å²) >= 11 is 5.99. The van der Waals surface area contributed by atoms with E-state index in [4.69, 9.17) is 11.6 Å². The highest BCUT2D eigenvalue weighted by molar-refractivity contribution is 6.30. The van der Waals surface area contributed by atoms with Crippen LogP contribution in [0.15, 0.2) is 30.6 Å². The zero-order chi connectivity index (χ0) is 19.0. The summed E-state index contributed by atoms with van der Waals surface area (Å²) in [6.45, 7) is 2.66. The number of benzene rings is 1. The van der Waals surface area contributed by atoms with Gasteiger partial charge in [-0.15, -0.1) is 10.2 Å². The van der Waals surface area contributed by atoms with Crippen LogP contribution in [0.25, 0.3) is 11.4 Å². The van der Waals surface area contributed by atoms with Crippen molar-refractivity contribution in [1.29, 1.82) is 0 Å². The van der Waals surface area contributed by atoms with E-state index in [1.165, 1.54) is 0 Å².